The molecule has 0 amide bonds. The van der Waals surface area contributed by atoms with Crippen molar-refractivity contribution in [3.05, 3.63) is 58.6 Å². The standard InChI is InChI=1S/C19H22ClO2P.Li.H/c1-3-4-5-13-22-15-9-11-16(12-10-15)23-19(21)18-14(2)7-6-8-17(18)20;;/h6-12,23H,3-5,13H2,1-2H3;;/q;+1;-1. The minimum atomic E-state index is 0. The first kappa shape index (κ1) is 21.3. The van der Waals surface area contributed by atoms with Gasteiger partial charge in [0.2, 0.25) is 0 Å². The van der Waals surface area contributed by atoms with Crippen molar-refractivity contribution in [2.75, 3.05) is 6.61 Å². The van der Waals surface area contributed by atoms with E-state index in [1.54, 1.807) is 6.07 Å². The smallest absolute Gasteiger partial charge is 1.00 e. The summed E-state index contributed by atoms with van der Waals surface area (Å²) in [7, 11) is 0.0683. The molecular formula is C19H23ClLiO2P. The zero-order valence-electron chi connectivity index (χ0n) is 15.6. The van der Waals surface area contributed by atoms with Crippen LogP contribution in [0.3, 0.4) is 0 Å². The first-order valence-electron chi connectivity index (χ1n) is 7.91. The first-order chi connectivity index (χ1) is 11.1. The second-order valence-corrected chi connectivity index (χ2v) is 7.15. The van der Waals surface area contributed by atoms with Crippen molar-refractivity contribution < 1.29 is 29.8 Å². The Bertz CT molecular complexity index is 645. The summed E-state index contributed by atoms with van der Waals surface area (Å²) in [6.07, 6.45) is 3.45. The van der Waals surface area contributed by atoms with Gasteiger partial charge >= 0.3 is 18.9 Å². The van der Waals surface area contributed by atoms with E-state index >= 15 is 0 Å². The third-order valence-corrected chi connectivity index (χ3v) is 4.99. The van der Waals surface area contributed by atoms with Gasteiger partial charge in [-0.05, 0) is 51.0 Å². The Balaban J connectivity index is 0.00000288. The summed E-state index contributed by atoms with van der Waals surface area (Å²) in [6, 6.07) is 13.3. The molecule has 0 saturated heterocycles. The third kappa shape index (κ3) is 6.27. The number of hydrogen-bond donors (Lipinski definition) is 0. The molecule has 1 atom stereocenters. The molecule has 2 aromatic carbocycles. The van der Waals surface area contributed by atoms with Gasteiger partial charge in [-0.1, -0.05) is 55.6 Å². The summed E-state index contributed by atoms with van der Waals surface area (Å²) in [5.74, 6) is 0.857. The number of carbonyl (C=O) groups is 1. The van der Waals surface area contributed by atoms with Crippen molar-refractivity contribution in [1.82, 2.24) is 0 Å². The van der Waals surface area contributed by atoms with E-state index in [4.69, 9.17) is 16.3 Å². The minimum absolute atomic E-state index is 0. The molecule has 0 radical (unpaired) electrons. The van der Waals surface area contributed by atoms with Crippen molar-refractivity contribution in [2.24, 2.45) is 0 Å². The van der Waals surface area contributed by atoms with Gasteiger partial charge in [0, 0.05) is 5.56 Å². The van der Waals surface area contributed by atoms with Crippen LogP contribution in [-0.2, 0) is 0 Å². The number of aryl methyl sites for hydroxylation is 1. The molecule has 0 heterocycles. The molecule has 0 saturated carbocycles. The zero-order valence-corrected chi connectivity index (χ0v) is 16.3. The Labute approximate surface area is 164 Å². The van der Waals surface area contributed by atoms with Crippen molar-refractivity contribution in [3.8, 4) is 5.75 Å². The molecule has 5 heteroatoms. The van der Waals surface area contributed by atoms with Gasteiger partial charge in [0.15, 0.2) is 5.52 Å². The van der Waals surface area contributed by atoms with Gasteiger partial charge in [-0.3, -0.25) is 4.79 Å². The van der Waals surface area contributed by atoms with Crippen LogP contribution < -0.4 is 28.9 Å². The third-order valence-electron chi connectivity index (χ3n) is 3.58. The molecule has 24 heavy (non-hydrogen) atoms. The Morgan fingerprint density at radius 1 is 1.17 bits per heavy atom. The van der Waals surface area contributed by atoms with E-state index in [2.05, 4.69) is 6.92 Å². The molecule has 1 unspecified atom stereocenters. The van der Waals surface area contributed by atoms with Crippen molar-refractivity contribution >= 4 is 31.0 Å². The van der Waals surface area contributed by atoms with Crippen LogP contribution in [0, 0.1) is 6.92 Å². The number of rotatable bonds is 8. The van der Waals surface area contributed by atoms with Crippen LogP contribution in [0.1, 0.15) is 43.5 Å². The predicted molar refractivity (Wildman–Crippen MR) is 101 cm³/mol. The van der Waals surface area contributed by atoms with E-state index in [1.165, 1.54) is 12.8 Å². The van der Waals surface area contributed by atoms with E-state index < -0.39 is 0 Å². The van der Waals surface area contributed by atoms with Gasteiger partial charge < -0.3 is 6.16 Å². The molecule has 2 nitrogen and oxygen atoms in total. The average molecular weight is 357 g/mol. The SMILES string of the molecule is CCCCCOc1ccc(PC(=O)c2c(C)cccc2Cl)cc1.[H-].[Li+]. The van der Waals surface area contributed by atoms with Crippen LogP contribution in [-0.4, -0.2) is 12.1 Å². The van der Waals surface area contributed by atoms with E-state index in [0.717, 1.165) is 29.6 Å². The molecular weight excluding hydrogens is 334 g/mol. The Hall–Kier alpha value is -0.773. The van der Waals surface area contributed by atoms with Crippen LogP contribution in [0.4, 0.5) is 0 Å². The van der Waals surface area contributed by atoms with E-state index in [-0.39, 0.29) is 34.4 Å². The molecule has 0 aliphatic heterocycles. The summed E-state index contributed by atoms with van der Waals surface area (Å²) in [5, 5.41) is 1.52. The number of halogens is 1. The van der Waals surface area contributed by atoms with E-state index in [0.29, 0.717) is 10.6 Å². The van der Waals surface area contributed by atoms with Crippen molar-refractivity contribution in [3.63, 3.8) is 0 Å². The number of unbranched alkanes of at least 4 members (excludes halogenated alkanes) is 2. The number of ether oxygens (including phenoxy) is 1. The van der Waals surface area contributed by atoms with Gasteiger partial charge in [0.1, 0.15) is 5.75 Å². The molecule has 2 rings (SSSR count). The summed E-state index contributed by atoms with van der Waals surface area (Å²) >= 11 is 6.16. The summed E-state index contributed by atoms with van der Waals surface area (Å²) < 4.78 is 5.69. The molecule has 0 aromatic heterocycles. The molecule has 0 bridgehead atoms. The molecule has 0 aliphatic rings. The first-order valence-corrected chi connectivity index (χ1v) is 9.29. The van der Waals surface area contributed by atoms with Gasteiger partial charge in [0.05, 0.1) is 11.6 Å². The predicted octanol–water partition coefficient (Wildman–Crippen LogP) is 2.48. The van der Waals surface area contributed by atoms with E-state index in [9.17, 15) is 4.79 Å². The monoisotopic (exact) mass is 356 g/mol. The van der Waals surface area contributed by atoms with Gasteiger partial charge in [-0.2, -0.15) is 0 Å². The second-order valence-electron chi connectivity index (χ2n) is 5.47. The number of hydrogen-bond acceptors (Lipinski definition) is 2. The number of benzene rings is 2. The fraction of sp³-hybridized carbons (Fsp3) is 0.316. The quantitative estimate of drug-likeness (QED) is 0.413. The van der Waals surface area contributed by atoms with Gasteiger partial charge in [0.25, 0.3) is 0 Å². The number of carbonyl (C=O) groups excluding carboxylic acids is 1. The molecule has 0 spiro atoms. The summed E-state index contributed by atoms with van der Waals surface area (Å²) in [6.45, 7) is 4.83. The largest absolute Gasteiger partial charge is 1.00 e. The zero-order chi connectivity index (χ0) is 16.7. The van der Waals surface area contributed by atoms with Crippen molar-refractivity contribution in [2.45, 2.75) is 33.1 Å². The maximum absolute atomic E-state index is 12.5. The fourth-order valence-electron chi connectivity index (χ4n) is 2.29. The summed E-state index contributed by atoms with van der Waals surface area (Å²) in [5.41, 5.74) is 1.63. The van der Waals surface area contributed by atoms with Crippen LogP contribution in [0.5, 0.6) is 5.75 Å². The normalized spacial score (nSPS) is 10.6. The maximum atomic E-state index is 12.5. The van der Waals surface area contributed by atoms with Gasteiger partial charge in [-0.25, -0.2) is 0 Å². The molecule has 0 aliphatic carbocycles. The average Bonchev–Trinajstić information content (AvgIpc) is 2.53. The van der Waals surface area contributed by atoms with Crippen molar-refractivity contribution in [1.29, 1.82) is 0 Å². The second kappa shape index (κ2) is 11.0. The summed E-state index contributed by atoms with van der Waals surface area (Å²) in [4.78, 5) is 12.5. The van der Waals surface area contributed by atoms with Crippen LogP contribution in [0.25, 0.3) is 0 Å². The molecule has 0 fully saturated rings. The Morgan fingerprint density at radius 3 is 2.50 bits per heavy atom. The van der Waals surface area contributed by atoms with E-state index in [1.807, 2.05) is 43.3 Å². The minimum Gasteiger partial charge on any atom is -1.00 e. The molecule has 0 N–H and O–H groups in total. The fourth-order valence-corrected chi connectivity index (χ4v) is 3.73. The van der Waals surface area contributed by atoms with Gasteiger partial charge in [-0.15, -0.1) is 0 Å². The molecule has 124 valence electrons. The van der Waals surface area contributed by atoms with Crippen LogP contribution >= 0.6 is 20.2 Å². The van der Waals surface area contributed by atoms with Crippen LogP contribution in [0.15, 0.2) is 42.5 Å². The Kier molecular flexibility index (Phi) is 9.72. The Morgan fingerprint density at radius 2 is 1.88 bits per heavy atom. The van der Waals surface area contributed by atoms with Crippen LogP contribution in [0.2, 0.25) is 5.02 Å². The molecule has 2 aromatic rings. The topological polar surface area (TPSA) is 26.3 Å². The maximum Gasteiger partial charge on any atom is 1.00 e.